The van der Waals surface area contributed by atoms with E-state index in [0.717, 1.165) is 35.6 Å². The van der Waals surface area contributed by atoms with Crippen molar-refractivity contribution in [1.29, 1.82) is 0 Å². The van der Waals surface area contributed by atoms with Crippen molar-refractivity contribution in [3.05, 3.63) is 35.7 Å². The monoisotopic (exact) mass is 332 g/mol. The van der Waals surface area contributed by atoms with Crippen molar-refractivity contribution in [2.24, 2.45) is 0 Å². The molecule has 0 radical (unpaired) electrons. The molecule has 0 bridgehead atoms. The number of methoxy groups -OCH3 is 1. The smallest absolute Gasteiger partial charge is 0.230 e. The highest BCUT2D eigenvalue weighted by Gasteiger charge is 2.23. The predicted molar refractivity (Wildman–Crippen MR) is 90.6 cm³/mol. The molecule has 3 rings (SSSR count). The summed E-state index contributed by atoms with van der Waals surface area (Å²) >= 11 is 1.56. The van der Waals surface area contributed by atoms with Gasteiger partial charge in [0.25, 0.3) is 0 Å². The number of aromatic nitrogens is 1. The number of nitrogens with one attached hydrogen (secondary N) is 1. The second-order valence-electron chi connectivity index (χ2n) is 5.58. The van der Waals surface area contributed by atoms with Crippen LogP contribution in [0.1, 0.15) is 24.3 Å². The maximum atomic E-state index is 11.7. The van der Waals surface area contributed by atoms with Crippen LogP contribution in [-0.4, -0.2) is 29.8 Å². The summed E-state index contributed by atoms with van der Waals surface area (Å²) in [6, 6.07) is 8.02. The lowest BCUT2D eigenvalue weighted by atomic mass is 10.2. The quantitative estimate of drug-likeness (QED) is 0.844. The minimum Gasteiger partial charge on any atom is -0.497 e. The second kappa shape index (κ2) is 7.08. The van der Waals surface area contributed by atoms with Crippen LogP contribution in [0.2, 0.25) is 0 Å². The van der Waals surface area contributed by atoms with E-state index in [0.29, 0.717) is 23.4 Å². The summed E-state index contributed by atoms with van der Waals surface area (Å²) < 4.78 is 10.9. The zero-order valence-corrected chi connectivity index (χ0v) is 14.1. The molecule has 1 saturated carbocycles. The summed E-state index contributed by atoms with van der Waals surface area (Å²) in [4.78, 5) is 16.2. The van der Waals surface area contributed by atoms with E-state index in [9.17, 15) is 4.79 Å². The lowest BCUT2D eigenvalue weighted by molar-refractivity contribution is -0.118. The number of benzene rings is 1. The minimum atomic E-state index is 0.106. The number of oxazole rings is 1. The van der Waals surface area contributed by atoms with Gasteiger partial charge < -0.3 is 14.5 Å². The van der Waals surface area contributed by atoms with Crippen LogP contribution in [0.3, 0.4) is 0 Å². The van der Waals surface area contributed by atoms with Crippen LogP contribution in [0.4, 0.5) is 0 Å². The molecule has 0 spiro atoms. The number of nitrogens with zero attached hydrogens (tertiary/aromatic N) is 1. The molecule has 1 aromatic heterocycles. The van der Waals surface area contributed by atoms with Crippen molar-refractivity contribution in [1.82, 2.24) is 10.3 Å². The number of ether oxygens (including phenoxy) is 1. The van der Waals surface area contributed by atoms with Gasteiger partial charge in [0.1, 0.15) is 11.5 Å². The van der Waals surface area contributed by atoms with Gasteiger partial charge in [-0.1, -0.05) is 0 Å². The van der Waals surface area contributed by atoms with Crippen LogP contribution in [0.15, 0.2) is 28.7 Å². The highest BCUT2D eigenvalue weighted by Crippen LogP contribution is 2.26. The second-order valence-corrected chi connectivity index (χ2v) is 6.57. The van der Waals surface area contributed by atoms with Crippen LogP contribution in [0.5, 0.6) is 5.75 Å². The van der Waals surface area contributed by atoms with Gasteiger partial charge in [0.05, 0.1) is 18.6 Å². The van der Waals surface area contributed by atoms with Crippen LogP contribution in [0.25, 0.3) is 11.5 Å². The maximum Gasteiger partial charge on any atom is 0.230 e. The topological polar surface area (TPSA) is 64.4 Å². The van der Waals surface area contributed by atoms with Gasteiger partial charge >= 0.3 is 0 Å². The average Bonchev–Trinajstić information content (AvgIpc) is 3.29. The van der Waals surface area contributed by atoms with Gasteiger partial charge in [-0.2, -0.15) is 0 Å². The number of thioether (sulfide) groups is 1. The molecule has 5 nitrogen and oxygen atoms in total. The van der Waals surface area contributed by atoms with E-state index in [2.05, 4.69) is 10.3 Å². The van der Waals surface area contributed by atoms with Crippen molar-refractivity contribution in [3.8, 4) is 17.2 Å². The molecule has 23 heavy (non-hydrogen) atoms. The van der Waals surface area contributed by atoms with E-state index in [1.807, 2.05) is 31.2 Å². The zero-order valence-electron chi connectivity index (χ0n) is 13.3. The molecule has 1 aliphatic carbocycles. The third kappa shape index (κ3) is 4.28. The van der Waals surface area contributed by atoms with E-state index < -0.39 is 0 Å². The van der Waals surface area contributed by atoms with Gasteiger partial charge in [0.15, 0.2) is 0 Å². The Kier molecular flexibility index (Phi) is 4.91. The normalized spacial score (nSPS) is 13.8. The Balaban J connectivity index is 1.57. The molecule has 1 aliphatic rings. The van der Waals surface area contributed by atoms with E-state index in [-0.39, 0.29) is 5.91 Å². The predicted octanol–water partition coefficient (Wildman–Crippen LogP) is 3.17. The molecule has 0 atom stereocenters. The summed E-state index contributed by atoms with van der Waals surface area (Å²) in [5.41, 5.74) is 1.80. The molecule has 6 heteroatoms. The highest BCUT2D eigenvalue weighted by molar-refractivity contribution is 7.99. The molecular formula is C17H20N2O3S. The maximum absolute atomic E-state index is 11.7. The van der Waals surface area contributed by atoms with Gasteiger partial charge in [-0.15, -0.1) is 11.8 Å². The van der Waals surface area contributed by atoms with Gasteiger partial charge in [-0.05, 0) is 44.0 Å². The van der Waals surface area contributed by atoms with E-state index in [1.165, 1.54) is 0 Å². The van der Waals surface area contributed by atoms with Crippen LogP contribution >= 0.6 is 11.8 Å². The molecule has 1 fully saturated rings. The van der Waals surface area contributed by atoms with Crippen LogP contribution < -0.4 is 10.1 Å². The third-order valence-corrected chi connectivity index (χ3v) is 4.59. The summed E-state index contributed by atoms with van der Waals surface area (Å²) in [5.74, 6) is 3.43. The number of amides is 1. The summed E-state index contributed by atoms with van der Waals surface area (Å²) in [5, 5.41) is 2.98. The number of hydrogen-bond acceptors (Lipinski definition) is 5. The molecule has 1 aromatic carbocycles. The van der Waals surface area contributed by atoms with Gasteiger partial charge in [-0.3, -0.25) is 4.79 Å². The van der Waals surface area contributed by atoms with Crippen molar-refractivity contribution in [2.75, 3.05) is 12.9 Å². The minimum absolute atomic E-state index is 0.106. The van der Waals surface area contributed by atoms with Crippen molar-refractivity contribution >= 4 is 17.7 Å². The number of carbonyl (C=O) groups is 1. The highest BCUT2D eigenvalue weighted by atomic mass is 32.2. The first-order valence-corrected chi connectivity index (χ1v) is 8.79. The SMILES string of the molecule is COc1ccc(-c2nc(CSCC(=O)NC3CC3)c(C)o2)cc1. The molecule has 1 heterocycles. The Hall–Kier alpha value is -1.95. The third-order valence-electron chi connectivity index (χ3n) is 3.64. The van der Waals surface area contributed by atoms with E-state index in [4.69, 9.17) is 9.15 Å². The molecule has 0 saturated heterocycles. The lowest BCUT2D eigenvalue weighted by Gasteiger charge is -2.02. The van der Waals surface area contributed by atoms with E-state index in [1.54, 1.807) is 18.9 Å². The summed E-state index contributed by atoms with van der Waals surface area (Å²) in [6.07, 6.45) is 2.23. The van der Waals surface area contributed by atoms with Crippen molar-refractivity contribution in [2.45, 2.75) is 31.6 Å². The summed E-state index contributed by atoms with van der Waals surface area (Å²) in [6.45, 7) is 1.90. The largest absolute Gasteiger partial charge is 0.497 e. The summed E-state index contributed by atoms with van der Waals surface area (Å²) in [7, 11) is 1.64. The first kappa shape index (κ1) is 15.9. The van der Waals surface area contributed by atoms with Gasteiger partial charge in [-0.25, -0.2) is 4.98 Å². The Morgan fingerprint density at radius 2 is 2.13 bits per heavy atom. The van der Waals surface area contributed by atoms with E-state index >= 15 is 0 Å². The Labute approximate surface area is 139 Å². The molecule has 1 amide bonds. The lowest BCUT2D eigenvalue weighted by Crippen LogP contribution is -2.27. The van der Waals surface area contributed by atoms with Gasteiger partial charge in [0, 0.05) is 17.4 Å². The molecule has 0 unspecified atom stereocenters. The number of hydrogen-bond donors (Lipinski definition) is 1. The molecule has 122 valence electrons. The fourth-order valence-corrected chi connectivity index (χ4v) is 2.99. The standard InChI is InChI=1S/C17H20N2O3S/c1-11-15(9-23-10-16(20)18-13-5-6-13)19-17(22-11)12-3-7-14(21-2)8-4-12/h3-4,7-8,13H,5-6,9-10H2,1-2H3,(H,18,20). The van der Waals surface area contributed by atoms with Crippen LogP contribution in [-0.2, 0) is 10.5 Å². The fraction of sp³-hybridized carbons (Fsp3) is 0.412. The molecular weight excluding hydrogens is 312 g/mol. The number of carbonyl (C=O) groups excluding carboxylic acids is 1. The first-order valence-electron chi connectivity index (χ1n) is 7.63. The Morgan fingerprint density at radius 1 is 1.39 bits per heavy atom. The Bertz CT molecular complexity index is 678. The molecule has 2 aromatic rings. The molecule has 0 aliphatic heterocycles. The van der Waals surface area contributed by atoms with Crippen molar-refractivity contribution in [3.63, 3.8) is 0 Å². The average molecular weight is 332 g/mol. The number of aryl methyl sites for hydroxylation is 1. The Morgan fingerprint density at radius 3 is 2.78 bits per heavy atom. The zero-order chi connectivity index (χ0) is 16.2. The van der Waals surface area contributed by atoms with Gasteiger partial charge in [0.2, 0.25) is 11.8 Å². The molecule has 1 N–H and O–H groups in total. The van der Waals surface area contributed by atoms with Crippen molar-refractivity contribution < 1.29 is 13.9 Å². The fourth-order valence-electron chi connectivity index (χ4n) is 2.16. The number of rotatable bonds is 7. The first-order chi connectivity index (χ1) is 11.2. The van der Waals surface area contributed by atoms with Crippen LogP contribution in [0, 0.1) is 6.92 Å².